The van der Waals surface area contributed by atoms with Crippen LogP contribution in [0.1, 0.15) is 40.0 Å². The van der Waals surface area contributed by atoms with E-state index < -0.39 is 0 Å². The van der Waals surface area contributed by atoms with Crippen molar-refractivity contribution < 1.29 is 0 Å². The van der Waals surface area contributed by atoms with Crippen LogP contribution in [0, 0.1) is 11.8 Å². The van der Waals surface area contributed by atoms with Crippen LogP contribution in [0.3, 0.4) is 0 Å². The topological polar surface area (TPSA) is 0 Å². The van der Waals surface area contributed by atoms with Crippen molar-refractivity contribution in [2.75, 3.05) is 0 Å². The van der Waals surface area contributed by atoms with Gasteiger partial charge >= 0.3 is 0 Å². The van der Waals surface area contributed by atoms with Gasteiger partial charge in [0.15, 0.2) is 0 Å². The summed E-state index contributed by atoms with van der Waals surface area (Å²) >= 11 is 0. The maximum atomic E-state index is 3.07. The molecule has 0 amide bonds. The van der Waals surface area contributed by atoms with Gasteiger partial charge in [0.05, 0.1) is 0 Å². The Morgan fingerprint density at radius 2 is 2.00 bits per heavy atom. The van der Waals surface area contributed by atoms with Crippen LogP contribution in [0.4, 0.5) is 0 Å². The molecule has 0 aliphatic rings. The predicted molar refractivity (Wildman–Crippen MR) is 46.7 cm³/mol. The molecule has 0 aromatic heterocycles. The minimum atomic E-state index is 0.924. The zero-order chi connectivity index (χ0) is 7.82. The summed E-state index contributed by atoms with van der Waals surface area (Å²) in [7, 11) is 0. The van der Waals surface area contributed by atoms with E-state index in [-0.39, 0.29) is 0 Å². The molecule has 0 heterocycles. The molecular weight excluding hydrogens is 120 g/mol. The van der Waals surface area contributed by atoms with Crippen molar-refractivity contribution in [3.8, 4) is 11.8 Å². The lowest BCUT2D eigenvalue weighted by Crippen LogP contribution is -1.69. The normalized spacial score (nSPS) is 10.5. The SMILES string of the molecule is CCC#CC/C=C(/C)CC. The average Bonchev–Trinajstić information content (AvgIpc) is 1.98. The summed E-state index contributed by atoms with van der Waals surface area (Å²) in [6, 6.07) is 0. The number of rotatable bonds is 2. The first kappa shape index (κ1) is 9.30. The molecule has 0 saturated carbocycles. The molecule has 0 aromatic rings. The fraction of sp³-hybridized carbons (Fsp3) is 0.600. The highest BCUT2D eigenvalue weighted by Gasteiger charge is 1.78. The number of hydrogen-bond acceptors (Lipinski definition) is 0. The first-order chi connectivity index (χ1) is 4.81. The van der Waals surface area contributed by atoms with Gasteiger partial charge < -0.3 is 0 Å². The Bertz CT molecular complexity index is 153. The highest BCUT2D eigenvalue weighted by molar-refractivity contribution is 5.07. The van der Waals surface area contributed by atoms with E-state index in [0.29, 0.717) is 0 Å². The van der Waals surface area contributed by atoms with Crippen LogP contribution >= 0.6 is 0 Å². The molecule has 0 bridgehead atoms. The van der Waals surface area contributed by atoms with E-state index >= 15 is 0 Å². The molecule has 0 aliphatic heterocycles. The molecule has 0 spiro atoms. The van der Waals surface area contributed by atoms with Crippen LogP contribution in [-0.4, -0.2) is 0 Å². The van der Waals surface area contributed by atoms with Crippen molar-refractivity contribution in [1.29, 1.82) is 0 Å². The van der Waals surface area contributed by atoms with E-state index in [0.717, 1.165) is 19.3 Å². The van der Waals surface area contributed by atoms with Gasteiger partial charge in [0, 0.05) is 12.8 Å². The van der Waals surface area contributed by atoms with E-state index in [1.54, 1.807) is 0 Å². The van der Waals surface area contributed by atoms with Crippen molar-refractivity contribution in [2.45, 2.75) is 40.0 Å². The third kappa shape index (κ3) is 5.44. The third-order valence-corrected chi connectivity index (χ3v) is 1.41. The highest BCUT2D eigenvalue weighted by Crippen LogP contribution is 1.98. The monoisotopic (exact) mass is 136 g/mol. The minimum Gasteiger partial charge on any atom is -0.103 e. The highest BCUT2D eigenvalue weighted by atomic mass is 13.8. The Kier molecular flexibility index (Phi) is 5.97. The van der Waals surface area contributed by atoms with Crippen molar-refractivity contribution in [3.05, 3.63) is 11.6 Å². The molecule has 56 valence electrons. The van der Waals surface area contributed by atoms with Gasteiger partial charge in [-0.3, -0.25) is 0 Å². The fourth-order valence-corrected chi connectivity index (χ4v) is 0.567. The van der Waals surface area contributed by atoms with E-state index in [1.165, 1.54) is 5.57 Å². The molecule has 0 radical (unpaired) electrons. The van der Waals surface area contributed by atoms with Crippen LogP contribution in [0.15, 0.2) is 11.6 Å². The van der Waals surface area contributed by atoms with Gasteiger partial charge in [0.25, 0.3) is 0 Å². The second-order valence-corrected chi connectivity index (χ2v) is 2.32. The summed E-state index contributed by atoms with van der Waals surface area (Å²) in [5.74, 6) is 6.11. The maximum Gasteiger partial charge on any atom is 0.0272 e. The fourth-order valence-electron chi connectivity index (χ4n) is 0.567. The summed E-state index contributed by atoms with van der Waals surface area (Å²) in [5, 5.41) is 0. The van der Waals surface area contributed by atoms with Gasteiger partial charge in [-0.25, -0.2) is 0 Å². The summed E-state index contributed by atoms with van der Waals surface area (Å²) in [6.45, 7) is 6.39. The zero-order valence-electron chi connectivity index (χ0n) is 7.20. The Balaban J connectivity index is 3.52. The van der Waals surface area contributed by atoms with E-state index in [9.17, 15) is 0 Å². The van der Waals surface area contributed by atoms with Crippen molar-refractivity contribution in [2.24, 2.45) is 0 Å². The van der Waals surface area contributed by atoms with Crippen molar-refractivity contribution in [3.63, 3.8) is 0 Å². The molecule has 0 atom stereocenters. The second kappa shape index (κ2) is 6.42. The predicted octanol–water partition coefficient (Wildman–Crippen LogP) is 3.15. The molecule has 0 aliphatic carbocycles. The van der Waals surface area contributed by atoms with Gasteiger partial charge in [0.1, 0.15) is 0 Å². The molecule has 0 rings (SSSR count). The standard InChI is InChI=1S/C10H16/c1-4-6-7-8-9-10(3)5-2/h9H,4-5,8H2,1-3H3/b10-9-. The summed E-state index contributed by atoms with van der Waals surface area (Å²) in [5.41, 5.74) is 1.44. The lowest BCUT2D eigenvalue weighted by molar-refractivity contribution is 1.08. The molecule has 0 nitrogen and oxygen atoms in total. The van der Waals surface area contributed by atoms with Crippen LogP contribution in [-0.2, 0) is 0 Å². The van der Waals surface area contributed by atoms with Gasteiger partial charge in [-0.05, 0) is 13.3 Å². The van der Waals surface area contributed by atoms with Crippen molar-refractivity contribution >= 4 is 0 Å². The maximum absolute atomic E-state index is 3.07. The first-order valence-electron chi connectivity index (χ1n) is 3.92. The molecule has 0 N–H and O–H groups in total. The molecule has 0 unspecified atom stereocenters. The molecule has 0 fully saturated rings. The Labute approximate surface area is 64.3 Å². The molecule has 0 saturated heterocycles. The molecular formula is C10H16. The minimum absolute atomic E-state index is 0.924. The van der Waals surface area contributed by atoms with E-state index in [1.807, 2.05) is 0 Å². The summed E-state index contributed by atoms with van der Waals surface area (Å²) in [4.78, 5) is 0. The van der Waals surface area contributed by atoms with Crippen LogP contribution in [0.25, 0.3) is 0 Å². The Morgan fingerprint density at radius 1 is 1.30 bits per heavy atom. The second-order valence-electron chi connectivity index (χ2n) is 2.32. The third-order valence-electron chi connectivity index (χ3n) is 1.41. The first-order valence-corrected chi connectivity index (χ1v) is 3.92. The van der Waals surface area contributed by atoms with Gasteiger partial charge in [0.2, 0.25) is 0 Å². The van der Waals surface area contributed by atoms with Crippen LogP contribution in [0.2, 0.25) is 0 Å². The van der Waals surface area contributed by atoms with Gasteiger partial charge in [-0.15, -0.1) is 5.92 Å². The quantitative estimate of drug-likeness (QED) is 0.404. The summed E-state index contributed by atoms with van der Waals surface area (Å²) < 4.78 is 0. The molecule has 0 aromatic carbocycles. The lowest BCUT2D eigenvalue weighted by Gasteiger charge is -1.89. The van der Waals surface area contributed by atoms with E-state index in [4.69, 9.17) is 0 Å². The van der Waals surface area contributed by atoms with E-state index in [2.05, 4.69) is 38.7 Å². The summed E-state index contributed by atoms with van der Waals surface area (Å²) in [6.07, 6.45) is 5.24. The zero-order valence-corrected chi connectivity index (χ0v) is 7.20. The molecule has 0 heteroatoms. The lowest BCUT2D eigenvalue weighted by atomic mass is 10.2. The smallest absolute Gasteiger partial charge is 0.0272 e. The Morgan fingerprint density at radius 3 is 2.50 bits per heavy atom. The van der Waals surface area contributed by atoms with Crippen LogP contribution < -0.4 is 0 Å². The van der Waals surface area contributed by atoms with Gasteiger partial charge in [-0.1, -0.05) is 31.4 Å². The van der Waals surface area contributed by atoms with Crippen molar-refractivity contribution in [1.82, 2.24) is 0 Å². The average molecular weight is 136 g/mol. The Hall–Kier alpha value is -0.700. The number of hydrogen-bond donors (Lipinski definition) is 0. The van der Waals surface area contributed by atoms with Gasteiger partial charge in [-0.2, -0.15) is 0 Å². The largest absolute Gasteiger partial charge is 0.103 e. The number of allylic oxidation sites excluding steroid dienone is 2. The molecule has 10 heavy (non-hydrogen) atoms. The van der Waals surface area contributed by atoms with Crippen LogP contribution in [0.5, 0.6) is 0 Å².